The van der Waals surface area contributed by atoms with Crippen LogP contribution in [0.1, 0.15) is 13.3 Å². The number of hydrogen-bond donors (Lipinski definition) is 2. The molecule has 0 atom stereocenters. The summed E-state index contributed by atoms with van der Waals surface area (Å²) in [6, 6.07) is 5.69. The third-order valence-corrected chi connectivity index (χ3v) is 2.05. The van der Waals surface area contributed by atoms with Crippen molar-refractivity contribution in [1.29, 1.82) is 0 Å². The first-order chi connectivity index (χ1) is 8.36. The molecule has 0 fully saturated rings. The summed E-state index contributed by atoms with van der Waals surface area (Å²) in [6.07, 6.45) is 0.931. The second-order valence-electron chi connectivity index (χ2n) is 3.48. The van der Waals surface area contributed by atoms with Crippen LogP contribution in [0, 0.1) is 0 Å². The minimum Gasteiger partial charge on any atom is -0.478 e. The fourth-order valence-electron chi connectivity index (χ4n) is 1.32. The van der Waals surface area contributed by atoms with Crippen LogP contribution in [0.15, 0.2) is 18.2 Å². The molecule has 0 aliphatic heterocycles. The highest BCUT2D eigenvalue weighted by molar-refractivity contribution is 5.36. The predicted octanol–water partition coefficient (Wildman–Crippen LogP) is 1.26. The van der Waals surface area contributed by atoms with Gasteiger partial charge in [0, 0.05) is 25.8 Å². The van der Waals surface area contributed by atoms with Gasteiger partial charge in [-0.05, 0) is 19.4 Å². The first kappa shape index (κ1) is 13.7. The van der Waals surface area contributed by atoms with Gasteiger partial charge in [-0.25, -0.2) is 0 Å². The molecule has 1 aromatic rings. The molecule has 0 spiro atoms. The summed E-state index contributed by atoms with van der Waals surface area (Å²) in [6.45, 7) is 5.31. The molecule has 1 rings (SSSR count). The maximum atomic E-state index is 5.32. The Morgan fingerprint density at radius 3 is 3.00 bits per heavy atom. The van der Waals surface area contributed by atoms with E-state index in [1.165, 1.54) is 0 Å². The topological polar surface area (TPSA) is 69.4 Å². The van der Waals surface area contributed by atoms with Gasteiger partial charge >= 0.3 is 0 Å². The minimum atomic E-state index is 0.575. The molecule has 0 saturated carbocycles. The van der Waals surface area contributed by atoms with Gasteiger partial charge < -0.3 is 20.5 Å². The molecule has 5 nitrogen and oxygen atoms in total. The zero-order valence-electron chi connectivity index (χ0n) is 10.3. The predicted molar refractivity (Wildman–Crippen MR) is 68.4 cm³/mol. The SMILES string of the molecule is CCOc1cccc(NCCCOCCN)n1. The summed E-state index contributed by atoms with van der Waals surface area (Å²) in [7, 11) is 0. The Kier molecular flexibility index (Phi) is 7.09. The van der Waals surface area contributed by atoms with Crippen LogP contribution in [-0.2, 0) is 4.74 Å². The Hall–Kier alpha value is -1.33. The number of anilines is 1. The molecule has 0 aliphatic carbocycles. The van der Waals surface area contributed by atoms with Crippen LogP contribution in [0.2, 0.25) is 0 Å². The largest absolute Gasteiger partial charge is 0.478 e. The van der Waals surface area contributed by atoms with E-state index in [9.17, 15) is 0 Å². The second kappa shape index (κ2) is 8.78. The van der Waals surface area contributed by atoms with Crippen molar-refractivity contribution in [2.75, 3.05) is 38.2 Å². The molecule has 0 aliphatic rings. The van der Waals surface area contributed by atoms with Gasteiger partial charge in [-0.2, -0.15) is 4.98 Å². The average Bonchev–Trinajstić information content (AvgIpc) is 2.35. The van der Waals surface area contributed by atoms with E-state index in [-0.39, 0.29) is 0 Å². The number of aromatic nitrogens is 1. The summed E-state index contributed by atoms with van der Waals surface area (Å²) >= 11 is 0. The number of nitrogens with two attached hydrogens (primary N) is 1. The normalized spacial score (nSPS) is 10.2. The minimum absolute atomic E-state index is 0.575. The van der Waals surface area contributed by atoms with Crippen LogP contribution < -0.4 is 15.8 Å². The van der Waals surface area contributed by atoms with Crippen LogP contribution >= 0.6 is 0 Å². The highest BCUT2D eigenvalue weighted by Gasteiger charge is 1.97. The molecular weight excluding hydrogens is 218 g/mol. The van der Waals surface area contributed by atoms with E-state index in [1.807, 2.05) is 25.1 Å². The van der Waals surface area contributed by atoms with E-state index in [1.54, 1.807) is 0 Å². The average molecular weight is 239 g/mol. The first-order valence-electron chi connectivity index (χ1n) is 5.98. The van der Waals surface area contributed by atoms with Gasteiger partial charge in [0.1, 0.15) is 5.82 Å². The zero-order valence-corrected chi connectivity index (χ0v) is 10.3. The highest BCUT2D eigenvalue weighted by Crippen LogP contribution is 2.10. The summed E-state index contributed by atoms with van der Waals surface area (Å²) in [5, 5.41) is 3.22. The van der Waals surface area contributed by atoms with Crippen molar-refractivity contribution in [3.63, 3.8) is 0 Å². The van der Waals surface area contributed by atoms with E-state index in [4.69, 9.17) is 15.2 Å². The van der Waals surface area contributed by atoms with Crippen LogP contribution in [0.25, 0.3) is 0 Å². The number of pyridine rings is 1. The summed E-state index contributed by atoms with van der Waals surface area (Å²) in [5.41, 5.74) is 5.31. The molecule has 0 amide bonds. The van der Waals surface area contributed by atoms with E-state index in [0.717, 1.165) is 25.4 Å². The van der Waals surface area contributed by atoms with Crippen molar-refractivity contribution in [1.82, 2.24) is 4.98 Å². The number of nitrogens with one attached hydrogen (secondary N) is 1. The third kappa shape index (κ3) is 6.09. The lowest BCUT2D eigenvalue weighted by Gasteiger charge is -2.07. The molecule has 96 valence electrons. The number of hydrogen-bond acceptors (Lipinski definition) is 5. The number of nitrogens with zero attached hydrogens (tertiary/aromatic N) is 1. The Labute approximate surface area is 102 Å². The fraction of sp³-hybridized carbons (Fsp3) is 0.583. The molecule has 1 aromatic heterocycles. The summed E-state index contributed by atoms with van der Waals surface area (Å²) in [5.74, 6) is 1.48. The lowest BCUT2D eigenvalue weighted by Crippen LogP contribution is -2.11. The van der Waals surface area contributed by atoms with Crippen LogP contribution in [0.5, 0.6) is 5.88 Å². The van der Waals surface area contributed by atoms with Crippen LogP contribution in [0.3, 0.4) is 0 Å². The lowest BCUT2D eigenvalue weighted by molar-refractivity contribution is 0.141. The van der Waals surface area contributed by atoms with Crippen molar-refractivity contribution in [3.8, 4) is 5.88 Å². The molecule has 1 heterocycles. The highest BCUT2D eigenvalue weighted by atomic mass is 16.5. The maximum absolute atomic E-state index is 5.32. The van der Waals surface area contributed by atoms with Gasteiger partial charge in [0.2, 0.25) is 5.88 Å². The van der Waals surface area contributed by atoms with E-state index < -0.39 is 0 Å². The fourth-order valence-corrected chi connectivity index (χ4v) is 1.32. The van der Waals surface area contributed by atoms with Crippen LogP contribution in [0.4, 0.5) is 5.82 Å². The van der Waals surface area contributed by atoms with Crippen molar-refractivity contribution < 1.29 is 9.47 Å². The monoisotopic (exact) mass is 239 g/mol. The molecule has 0 radical (unpaired) electrons. The number of ether oxygens (including phenoxy) is 2. The Morgan fingerprint density at radius 1 is 1.35 bits per heavy atom. The third-order valence-electron chi connectivity index (χ3n) is 2.05. The van der Waals surface area contributed by atoms with Gasteiger partial charge in [-0.15, -0.1) is 0 Å². The Bertz CT molecular complexity index is 308. The summed E-state index contributed by atoms with van der Waals surface area (Å²) < 4.78 is 10.6. The quantitative estimate of drug-likeness (QED) is 0.635. The lowest BCUT2D eigenvalue weighted by atomic mass is 10.4. The molecule has 0 aromatic carbocycles. The smallest absolute Gasteiger partial charge is 0.215 e. The molecule has 5 heteroatoms. The van der Waals surface area contributed by atoms with Gasteiger partial charge in [0.25, 0.3) is 0 Å². The van der Waals surface area contributed by atoms with Crippen molar-refractivity contribution >= 4 is 5.82 Å². The standard InChI is InChI=1S/C12H21N3O2/c1-2-17-12-6-3-5-11(15-12)14-8-4-9-16-10-7-13/h3,5-6H,2,4,7-10,13H2,1H3,(H,14,15). The Balaban J connectivity index is 2.19. The van der Waals surface area contributed by atoms with Crippen LogP contribution in [-0.4, -0.2) is 37.9 Å². The van der Waals surface area contributed by atoms with Gasteiger partial charge in [-0.1, -0.05) is 6.07 Å². The molecule has 0 bridgehead atoms. The maximum Gasteiger partial charge on any atom is 0.215 e. The molecule has 3 N–H and O–H groups in total. The molecular formula is C12H21N3O2. The zero-order chi connectivity index (χ0) is 12.3. The van der Waals surface area contributed by atoms with E-state index in [2.05, 4.69) is 10.3 Å². The molecule has 0 unspecified atom stereocenters. The van der Waals surface area contributed by atoms with E-state index >= 15 is 0 Å². The van der Waals surface area contributed by atoms with Gasteiger partial charge in [0.05, 0.1) is 13.2 Å². The van der Waals surface area contributed by atoms with E-state index in [0.29, 0.717) is 25.6 Å². The Morgan fingerprint density at radius 2 is 2.24 bits per heavy atom. The summed E-state index contributed by atoms with van der Waals surface area (Å²) in [4.78, 5) is 4.30. The van der Waals surface area contributed by atoms with Crippen molar-refractivity contribution in [2.24, 2.45) is 5.73 Å². The van der Waals surface area contributed by atoms with Crippen molar-refractivity contribution in [3.05, 3.63) is 18.2 Å². The second-order valence-corrected chi connectivity index (χ2v) is 3.48. The first-order valence-corrected chi connectivity index (χ1v) is 5.98. The van der Waals surface area contributed by atoms with Gasteiger partial charge in [0.15, 0.2) is 0 Å². The van der Waals surface area contributed by atoms with Gasteiger partial charge in [-0.3, -0.25) is 0 Å². The van der Waals surface area contributed by atoms with Crippen molar-refractivity contribution in [2.45, 2.75) is 13.3 Å². The molecule has 17 heavy (non-hydrogen) atoms. The number of rotatable bonds is 9. The molecule has 0 saturated heterocycles.